The Hall–Kier alpha value is -3.54. The fourth-order valence-electron chi connectivity index (χ4n) is 3.26. The topological polar surface area (TPSA) is 71.1 Å². The molecule has 2 heterocycles. The number of carbonyl (C=O) groups excluding carboxylic acids is 2. The third-order valence-corrected chi connectivity index (χ3v) is 4.62. The van der Waals surface area contributed by atoms with Crippen LogP contribution in [-0.4, -0.2) is 16.8 Å². The van der Waals surface area contributed by atoms with Gasteiger partial charge >= 0.3 is 0 Å². The molecule has 27 heavy (non-hydrogen) atoms. The van der Waals surface area contributed by atoms with E-state index in [0.717, 1.165) is 16.3 Å². The minimum atomic E-state index is -0.434. The smallest absolute Gasteiger partial charge is 0.253 e. The van der Waals surface area contributed by atoms with E-state index in [1.807, 2.05) is 24.3 Å². The van der Waals surface area contributed by atoms with Crippen LogP contribution in [0.15, 0.2) is 72.7 Å². The normalized spacial score (nSPS) is 16.6. The van der Waals surface area contributed by atoms with Crippen molar-refractivity contribution in [3.8, 4) is 0 Å². The van der Waals surface area contributed by atoms with E-state index in [1.165, 1.54) is 18.3 Å². The van der Waals surface area contributed by atoms with Crippen LogP contribution in [0.2, 0.25) is 0 Å². The molecular weight excluding hydrogens is 345 g/mol. The van der Waals surface area contributed by atoms with Gasteiger partial charge in [0.2, 0.25) is 5.91 Å². The minimum absolute atomic E-state index is 0.129. The maximum Gasteiger partial charge on any atom is 0.253 e. The average molecular weight is 361 g/mol. The van der Waals surface area contributed by atoms with E-state index < -0.39 is 5.92 Å². The second-order valence-corrected chi connectivity index (χ2v) is 6.33. The summed E-state index contributed by atoms with van der Waals surface area (Å²) in [7, 11) is 0. The van der Waals surface area contributed by atoms with Gasteiger partial charge < -0.3 is 10.6 Å². The predicted octanol–water partition coefficient (Wildman–Crippen LogP) is 3.50. The van der Waals surface area contributed by atoms with Gasteiger partial charge in [0, 0.05) is 53.0 Å². The molecule has 1 atom stereocenters. The van der Waals surface area contributed by atoms with E-state index in [1.54, 1.807) is 24.5 Å². The molecule has 0 saturated carbocycles. The van der Waals surface area contributed by atoms with E-state index in [-0.39, 0.29) is 24.1 Å². The third kappa shape index (κ3) is 3.42. The molecule has 6 heteroatoms. The van der Waals surface area contributed by atoms with E-state index in [4.69, 9.17) is 0 Å². The summed E-state index contributed by atoms with van der Waals surface area (Å²) in [4.78, 5) is 28.9. The number of anilines is 1. The minimum Gasteiger partial charge on any atom is -0.332 e. The number of hydrogen-bond donors (Lipinski definition) is 2. The van der Waals surface area contributed by atoms with Crippen molar-refractivity contribution in [2.45, 2.75) is 12.3 Å². The molecule has 2 aromatic carbocycles. The highest BCUT2D eigenvalue weighted by atomic mass is 19.1. The van der Waals surface area contributed by atoms with E-state index >= 15 is 0 Å². The molecule has 1 aromatic heterocycles. The molecule has 0 fully saturated rings. The first-order valence-corrected chi connectivity index (χ1v) is 8.51. The molecule has 0 radical (unpaired) electrons. The molecule has 0 aliphatic carbocycles. The van der Waals surface area contributed by atoms with Gasteiger partial charge in [0.1, 0.15) is 5.82 Å². The lowest BCUT2D eigenvalue weighted by Gasteiger charge is -2.24. The van der Waals surface area contributed by atoms with E-state index in [9.17, 15) is 14.0 Å². The molecule has 2 amide bonds. The first-order chi connectivity index (χ1) is 13.1. The van der Waals surface area contributed by atoms with Gasteiger partial charge in [0.05, 0.1) is 0 Å². The second-order valence-electron chi connectivity index (χ2n) is 6.33. The number of fused-ring (bicyclic) bond motifs is 1. The van der Waals surface area contributed by atoms with Crippen molar-refractivity contribution in [3.05, 3.63) is 84.1 Å². The number of nitrogens with one attached hydrogen (secondary N) is 2. The van der Waals surface area contributed by atoms with Gasteiger partial charge in [-0.05, 0) is 29.8 Å². The molecule has 0 bridgehead atoms. The van der Waals surface area contributed by atoms with Crippen LogP contribution in [0.5, 0.6) is 0 Å². The van der Waals surface area contributed by atoms with Crippen LogP contribution in [0, 0.1) is 5.82 Å². The second kappa shape index (κ2) is 6.99. The van der Waals surface area contributed by atoms with Gasteiger partial charge in [-0.2, -0.15) is 0 Å². The molecule has 134 valence electrons. The number of rotatable bonds is 3. The van der Waals surface area contributed by atoms with Crippen LogP contribution >= 0.6 is 0 Å². The monoisotopic (exact) mass is 361 g/mol. The summed E-state index contributed by atoms with van der Waals surface area (Å²) in [6.45, 7) is 0. The standard InChI is InChI=1S/C21H16FN3O2/c22-15-6-4-13(5-7-15)17-10-20(26)24-12-18(17)21(27)25-19-3-1-2-14-11-23-9-8-16(14)19/h1-9,11-12,17H,10H2,(H,24,26)(H,25,27). The summed E-state index contributed by atoms with van der Waals surface area (Å²) < 4.78 is 13.2. The number of nitrogens with zero attached hydrogens (tertiary/aromatic N) is 1. The summed E-state index contributed by atoms with van der Waals surface area (Å²) >= 11 is 0. The fraction of sp³-hybridized carbons (Fsp3) is 0.0952. The van der Waals surface area contributed by atoms with Crippen LogP contribution in [0.1, 0.15) is 17.9 Å². The van der Waals surface area contributed by atoms with Gasteiger partial charge in [0.15, 0.2) is 0 Å². The van der Waals surface area contributed by atoms with Crippen LogP contribution in [0.3, 0.4) is 0 Å². The van der Waals surface area contributed by atoms with Gasteiger partial charge in [-0.15, -0.1) is 0 Å². The first-order valence-electron chi connectivity index (χ1n) is 8.51. The Morgan fingerprint density at radius 2 is 1.96 bits per heavy atom. The summed E-state index contributed by atoms with van der Waals surface area (Å²) in [5.74, 6) is -1.29. The Balaban J connectivity index is 1.66. The van der Waals surface area contributed by atoms with Crippen LogP contribution in [-0.2, 0) is 9.59 Å². The maximum absolute atomic E-state index is 13.2. The van der Waals surface area contributed by atoms with Gasteiger partial charge in [0.25, 0.3) is 5.91 Å². The van der Waals surface area contributed by atoms with Crippen LogP contribution in [0.4, 0.5) is 10.1 Å². The Labute approximate surface area is 154 Å². The number of aromatic nitrogens is 1. The lowest BCUT2D eigenvalue weighted by molar-refractivity contribution is -0.121. The summed E-state index contributed by atoms with van der Waals surface area (Å²) in [6, 6.07) is 13.3. The number of hydrogen-bond acceptors (Lipinski definition) is 3. The number of benzene rings is 2. The first kappa shape index (κ1) is 16.9. The molecule has 0 saturated heterocycles. The van der Waals surface area contributed by atoms with Crippen molar-refractivity contribution < 1.29 is 14.0 Å². The highest BCUT2D eigenvalue weighted by molar-refractivity contribution is 6.10. The molecule has 0 spiro atoms. The zero-order valence-corrected chi connectivity index (χ0v) is 14.3. The predicted molar refractivity (Wildman–Crippen MR) is 100 cm³/mol. The van der Waals surface area contributed by atoms with Crippen LogP contribution in [0.25, 0.3) is 10.8 Å². The Morgan fingerprint density at radius 3 is 2.78 bits per heavy atom. The number of carbonyl (C=O) groups is 2. The number of pyridine rings is 1. The van der Waals surface area contributed by atoms with Crippen molar-refractivity contribution in [1.82, 2.24) is 10.3 Å². The summed E-state index contributed by atoms with van der Waals surface area (Å²) in [5, 5.41) is 7.31. The average Bonchev–Trinajstić information content (AvgIpc) is 2.69. The van der Waals surface area contributed by atoms with Gasteiger partial charge in [-0.25, -0.2) is 4.39 Å². The molecule has 4 rings (SSSR count). The maximum atomic E-state index is 13.2. The number of halogens is 1. The molecule has 5 nitrogen and oxygen atoms in total. The molecule has 1 aliphatic rings. The molecule has 2 N–H and O–H groups in total. The molecule has 3 aromatic rings. The highest BCUT2D eigenvalue weighted by Crippen LogP contribution is 2.32. The van der Waals surface area contributed by atoms with Crippen molar-refractivity contribution in [2.24, 2.45) is 0 Å². The van der Waals surface area contributed by atoms with Crippen molar-refractivity contribution in [1.29, 1.82) is 0 Å². The largest absolute Gasteiger partial charge is 0.332 e. The lowest BCUT2D eigenvalue weighted by Crippen LogP contribution is -2.32. The lowest BCUT2D eigenvalue weighted by atomic mass is 9.86. The summed E-state index contributed by atoms with van der Waals surface area (Å²) in [6.07, 6.45) is 4.96. The Morgan fingerprint density at radius 1 is 1.15 bits per heavy atom. The Bertz CT molecular complexity index is 1060. The Kier molecular flexibility index (Phi) is 4.38. The van der Waals surface area contributed by atoms with E-state index in [2.05, 4.69) is 15.6 Å². The summed E-state index contributed by atoms with van der Waals surface area (Å²) in [5.41, 5.74) is 1.80. The zero-order valence-electron chi connectivity index (χ0n) is 14.3. The van der Waals surface area contributed by atoms with Crippen molar-refractivity contribution in [2.75, 3.05) is 5.32 Å². The molecular formula is C21H16FN3O2. The van der Waals surface area contributed by atoms with Crippen molar-refractivity contribution >= 4 is 28.3 Å². The molecule has 1 aliphatic heterocycles. The fourth-order valence-corrected chi connectivity index (χ4v) is 3.26. The zero-order chi connectivity index (χ0) is 18.8. The van der Waals surface area contributed by atoms with Crippen molar-refractivity contribution in [3.63, 3.8) is 0 Å². The van der Waals surface area contributed by atoms with E-state index in [0.29, 0.717) is 11.3 Å². The van der Waals surface area contributed by atoms with Gasteiger partial charge in [-0.1, -0.05) is 24.3 Å². The SMILES string of the molecule is O=C1CC(c2ccc(F)cc2)C(C(=O)Nc2cccc3cnccc23)=CN1. The van der Waals surface area contributed by atoms with Gasteiger partial charge in [-0.3, -0.25) is 14.6 Å². The highest BCUT2D eigenvalue weighted by Gasteiger charge is 2.29. The van der Waals surface area contributed by atoms with Crippen LogP contribution < -0.4 is 10.6 Å². The third-order valence-electron chi connectivity index (χ3n) is 4.62. The quantitative estimate of drug-likeness (QED) is 0.750. The molecule has 1 unspecified atom stereocenters. The number of amides is 2.